The van der Waals surface area contributed by atoms with Crippen LogP contribution in [-0.4, -0.2) is 5.91 Å². The van der Waals surface area contributed by atoms with Crippen LogP contribution in [0.5, 0.6) is 0 Å². The van der Waals surface area contributed by atoms with Gasteiger partial charge in [0.15, 0.2) is 0 Å². The lowest BCUT2D eigenvalue weighted by molar-refractivity contribution is -0.120. The Labute approximate surface area is 160 Å². The summed E-state index contributed by atoms with van der Waals surface area (Å²) < 4.78 is 27.2. The van der Waals surface area contributed by atoms with Gasteiger partial charge in [0.2, 0.25) is 5.91 Å². The number of nitrogens with one attached hydrogen (secondary N) is 1. The Morgan fingerprint density at radius 3 is 2.37 bits per heavy atom. The summed E-state index contributed by atoms with van der Waals surface area (Å²) in [5.74, 6) is -1.50. The molecular formula is C22H16ClF2NO. The number of amides is 1. The minimum absolute atomic E-state index is 0.189. The molecule has 1 atom stereocenters. The molecule has 0 saturated carbocycles. The van der Waals surface area contributed by atoms with Crippen LogP contribution in [0.3, 0.4) is 0 Å². The quantitative estimate of drug-likeness (QED) is 0.614. The van der Waals surface area contributed by atoms with Crippen molar-refractivity contribution in [2.75, 3.05) is 5.32 Å². The van der Waals surface area contributed by atoms with Crippen LogP contribution in [0.15, 0.2) is 60.7 Å². The lowest BCUT2D eigenvalue weighted by Crippen LogP contribution is -2.33. The molecule has 0 aliphatic carbocycles. The molecular weight excluding hydrogens is 368 g/mol. The predicted octanol–water partition coefficient (Wildman–Crippen LogP) is 5.74. The molecule has 2 nitrogen and oxygen atoms in total. The summed E-state index contributed by atoms with van der Waals surface area (Å²) in [4.78, 5) is 12.7. The van der Waals surface area contributed by atoms with Crippen molar-refractivity contribution < 1.29 is 13.6 Å². The van der Waals surface area contributed by atoms with Crippen molar-refractivity contribution in [2.24, 2.45) is 0 Å². The molecule has 3 aromatic carbocycles. The molecule has 4 rings (SSSR count). The van der Waals surface area contributed by atoms with E-state index in [-0.39, 0.29) is 12.3 Å². The molecule has 1 amide bonds. The van der Waals surface area contributed by atoms with Crippen LogP contribution < -0.4 is 5.32 Å². The van der Waals surface area contributed by atoms with Gasteiger partial charge in [-0.15, -0.1) is 0 Å². The van der Waals surface area contributed by atoms with E-state index in [0.29, 0.717) is 16.3 Å². The minimum Gasteiger partial charge on any atom is -0.325 e. The Morgan fingerprint density at radius 1 is 0.963 bits per heavy atom. The molecule has 0 saturated heterocycles. The smallest absolute Gasteiger partial charge is 0.235 e. The van der Waals surface area contributed by atoms with E-state index in [1.807, 2.05) is 36.4 Å². The number of halogens is 3. The molecule has 27 heavy (non-hydrogen) atoms. The average Bonchev–Trinajstić information content (AvgIpc) is 2.84. The van der Waals surface area contributed by atoms with Crippen molar-refractivity contribution in [3.63, 3.8) is 0 Å². The van der Waals surface area contributed by atoms with Gasteiger partial charge in [-0.05, 0) is 72.0 Å². The highest BCUT2D eigenvalue weighted by molar-refractivity contribution is 6.30. The van der Waals surface area contributed by atoms with Crippen LogP contribution in [0.2, 0.25) is 5.02 Å². The van der Waals surface area contributed by atoms with Crippen molar-refractivity contribution in [2.45, 2.75) is 18.8 Å². The maximum atomic E-state index is 13.6. The summed E-state index contributed by atoms with van der Waals surface area (Å²) in [6.07, 6.45) is 0.194. The number of hydrogen-bond acceptors (Lipinski definition) is 1. The Morgan fingerprint density at radius 2 is 1.67 bits per heavy atom. The van der Waals surface area contributed by atoms with Gasteiger partial charge in [0.05, 0.1) is 5.41 Å². The standard InChI is InChI=1S/C22H16ClF2NO/c1-22(12-13-7-17(24)11-18(25)8-13)19-10-15(5-6-20(19)26-21(22)27)14-3-2-4-16(23)9-14/h2-11H,12H2,1H3,(H,26,27). The first-order chi connectivity index (χ1) is 12.8. The van der Waals surface area contributed by atoms with Gasteiger partial charge in [0.1, 0.15) is 11.6 Å². The number of rotatable bonds is 3. The van der Waals surface area contributed by atoms with Crippen LogP contribution in [-0.2, 0) is 16.6 Å². The summed E-state index contributed by atoms with van der Waals surface area (Å²) in [7, 11) is 0. The fourth-order valence-electron chi connectivity index (χ4n) is 3.64. The van der Waals surface area contributed by atoms with Crippen LogP contribution in [0.4, 0.5) is 14.5 Å². The lowest BCUT2D eigenvalue weighted by Gasteiger charge is -2.23. The SMILES string of the molecule is CC1(Cc2cc(F)cc(F)c2)C(=O)Nc2ccc(-c3cccc(Cl)c3)cc21. The summed E-state index contributed by atoms with van der Waals surface area (Å²) in [5, 5.41) is 3.50. The monoisotopic (exact) mass is 383 g/mol. The minimum atomic E-state index is -0.926. The van der Waals surface area contributed by atoms with Gasteiger partial charge in [-0.3, -0.25) is 4.79 Å². The number of fused-ring (bicyclic) bond motifs is 1. The van der Waals surface area contributed by atoms with E-state index in [0.717, 1.165) is 22.8 Å². The second kappa shape index (κ2) is 6.46. The maximum Gasteiger partial charge on any atom is 0.235 e. The van der Waals surface area contributed by atoms with E-state index in [4.69, 9.17) is 11.6 Å². The highest BCUT2D eigenvalue weighted by Crippen LogP contribution is 2.42. The van der Waals surface area contributed by atoms with Crippen molar-refractivity contribution >= 4 is 23.2 Å². The summed E-state index contributed by atoms with van der Waals surface area (Å²) in [6, 6.07) is 16.5. The third kappa shape index (κ3) is 3.21. The maximum absolute atomic E-state index is 13.6. The molecule has 1 aliphatic heterocycles. The van der Waals surface area contributed by atoms with Crippen LogP contribution in [0.1, 0.15) is 18.1 Å². The van der Waals surface area contributed by atoms with Crippen LogP contribution in [0.25, 0.3) is 11.1 Å². The van der Waals surface area contributed by atoms with Gasteiger partial charge in [-0.25, -0.2) is 8.78 Å². The van der Waals surface area contributed by atoms with Crippen LogP contribution >= 0.6 is 11.6 Å². The van der Waals surface area contributed by atoms with E-state index >= 15 is 0 Å². The topological polar surface area (TPSA) is 29.1 Å². The number of carbonyl (C=O) groups excluding carboxylic acids is 1. The third-order valence-electron chi connectivity index (χ3n) is 5.00. The predicted molar refractivity (Wildman–Crippen MR) is 103 cm³/mol. The van der Waals surface area contributed by atoms with E-state index in [1.165, 1.54) is 12.1 Å². The first-order valence-electron chi connectivity index (χ1n) is 8.52. The van der Waals surface area contributed by atoms with E-state index in [2.05, 4.69) is 5.32 Å². The number of hydrogen-bond donors (Lipinski definition) is 1. The summed E-state index contributed by atoms with van der Waals surface area (Å²) in [5.41, 5.74) is 2.88. The van der Waals surface area contributed by atoms with Gasteiger partial charge >= 0.3 is 0 Å². The Bertz CT molecular complexity index is 1050. The normalized spacial score (nSPS) is 18.3. The van der Waals surface area contributed by atoms with Gasteiger partial charge in [-0.2, -0.15) is 0 Å². The lowest BCUT2D eigenvalue weighted by atomic mass is 9.77. The first-order valence-corrected chi connectivity index (χ1v) is 8.90. The molecule has 136 valence electrons. The molecule has 0 fully saturated rings. The van der Waals surface area contributed by atoms with Crippen molar-refractivity contribution in [1.82, 2.24) is 0 Å². The molecule has 3 aromatic rings. The van der Waals surface area contributed by atoms with Crippen molar-refractivity contribution in [1.29, 1.82) is 0 Å². The molecule has 0 bridgehead atoms. The average molecular weight is 384 g/mol. The highest BCUT2D eigenvalue weighted by Gasteiger charge is 2.42. The summed E-state index contributed by atoms with van der Waals surface area (Å²) in [6.45, 7) is 1.79. The van der Waals surface area contributed by atoms with E-state index in [9.17, 15) is 13.6 Å². The number of carbonyl (C=O) groups is 1. The van der Waals surface area contributed by atoms with E-state index < -0.39 is 17.0 Å². The first kappa shape index (κ1) is 17.7. The van der Waals surface area contributed by atoms with Crippen molar-refractivity contribution in [3.05, 3.63) is 88.4 Å². The molecule has 1 unspecified atom stereocenters. The Balaban J connectivity index is 1.78. The fourth-order valence-corrected chi connectivity index (χ4v) is 3.83. The zero-order valence-electron chi connectivity index (χ0n) is 14.5. The molecule has 1 heterocycles. The molecule has 0 radical (unpaired) electrons. The van der Waals surface area contributed by atoms with E-state index in [1.54, 1.807) is 13.0 Å². The van der Waals surface area contributed by atoms with Crippen LogP contribution in [0, 0.1) is 11.6 Å². The largest absolute Gasteiger partial charge is 0.325 e. The molecule has 5 heteroatoms. The highest BCUT2D eigenvalue weighted by atomic mass is 35.5. The molecule has 0 spiro atoms. The second-order valence-electron chi connectivity index (χ2n) is 7.01. The zero-order valence-corrected chi connectivity index (χ0v) is 15.3. The molecule has 1 N–H and O–H groups in total. The van der Waals surface area contributed by atoms with Gasteiger partial charge < -0.3 is 5.32 Å². The number of anilines is 1. The van der Waals surface area contributed by atoms with Crippen molar-refractivity contribution in [3.8, 4) is 11.1 Å². The molecule has 1 aliphatic rings. The van der Waals surface area contributed by atoms with Gasteiger partial charge in [0.25, 0.3) is 0 Å². The zero-order chi connectivity index (χ0) is 19.2. The molecule has 0 aromatic heterocycles. The summed E-state index contributed by atoms with van der Waals surface area (Å²) >= 11 is 6.09. The van der Waals surface area contributed by atoms with Gasteiger partial charge in [0, 0.05) is 16.8 Å². The Hall–Kier alpha value is -2.72. The Kier molecular flexibility index (Phi) is 4.23. The second-order valence-corrected chi connectivity index (χ2v) is 7.45. The number of benzene rings is 3. The van der Waals surface area contributed by atoms with Gasteiger partial charge in [-0.1, -0.05) is 29.8 Å². The third-order valence-corrected chi connectivity index (χ3v) is 5.24. The fraction of sp³-hybridized carbons (Fsp3) is 0.136.